The van der Waals surface area contributed by atoms with E-state index in [0.717, 1.165) is 52.9 Å². The number of morpholine rings is 1. The first-order valence-corrected chi connectivity index (χ1v) is 10.1. The van der Waals surface area contributed by atoms with Gasteiger partial charge in [-0.05, 0) is 55.3 Å². The Kier molecular flexibility index (Phi) is 5.45. The Labute approximate surface area is 168 Å². The number of nitrogens with zero attached hydrogens (tertiary/aromatic N) is 2. The smallest absolute Gasteiger partial charge is 0.262 e. The number of amides is 1. The molecule has 1 aromatic heterocycles. The van der Waals surface area contributed by atoms with Crippen LogP contribution < -0.4 is 15.0 Å². The Morgan fingerprint density at radius 1 is 1.18 bits per heavy atom. The van der Waals surface area contributed by atoms with Crippen molar-refractivity contribution in [2.75, 3.05) is 43.1 Å². The molecule has 28 heavy (non-hydrogen) atoms. The van der Waals surface area contributed by atoms with Crippen LogP contribution in [0, 0.1) is 13.8 Å². The molecule has 1 amide bonds. The van der Waals surface area contributed by atoms with Gasteiger partial charge in [-0.3, -0.25) is 4.79 Å². The third-order valence-electron chi connectivity index (χ3n) is 4.79. The van der Waals surface area contributed by atoms with Gasteiger partial charge in [-0.25, -0.2) is 4.98 Å². The number of benzene rings is 2. The van der Waals surface area contributed by atoms with Crippen LogP contribution >= 0.6 is 11.3 Å². The molecule has 1 N–H and O–H groups in total. The van der Waals surface area contributed by atoms with E-state index in [1.54, 1.807) is 11.3 Å². The summed E-state index contributed by atoms with van der Waals surface area (Å²) < 4.78 is 12.1. The molecular weight excluding hydrogens is 374 g/mol. The summed E-state index contributed by atoms with van der Waals surface area (Å²) in [6.07, 6.45) is 0. The van der Waals surface area contributed by atoms with Crippen molar-refractivity contribution in [1.82, 2.24) is 4.98 Å². The fourth-order valence-corrected chi connectivity index (χ4v) is 4.09. The number of fused-ring (bicyclic) bond motifs is 1. The van der Waals surface area contributed by atoms with Crippen LogP contribution in [0.3, 0.4) is 0 Å². The van der Waals surface area contributed by atoms with Crippen molar-refractivity contribution >= 4 is 38.3 Å². The van der Waals surface area contributed by atoms with Crippen LogP contribution in [-0.2, 0) is 9.53 Å². The van der Waals surface area contributed by atoms with Gasteiger partial charge >= 0.3 is 0 Å². The number of carbonyl (C=O) groups excluding carboxylic acids is 1. The Bertz CT molecular complexity index is 996. The number of anilines is 2. The third-order valence-corrected chi connectivity index (χ3v) is 5.87. The molecule has 1 aliphatic rings. The summed E-state index contributed by atoms with van der Waals surface area (Å²) in [6, 6.07) is 11.6. The highest BCUT2D eigenvalue weighted by Gasteiger charge is 2.15. The topological polar surface area (TPSA) is 63.7 Å². The Balaban J connectivity index is 1.39. The van der Waals surface area contributed by atoms with Crippen LogP contribution in [0.1, 0.15) is 11.1 Å². The molecule has 0 bridgehead atoms. The van der Waals surface area contributed by atoms with E-state index >= 15 is 0 Å². The average Bonchev–Trinajstić information content (AvgIpc) is 3.13. The van der Waals surface area contributed by atoms with Gasteiger partial charge in [0.25, 0.3) is 5.91 Å². The second kappa shape index (κ2) is 8.16. The Morgan fingerprint density at radius 3 is 2.79 bits per heavy atom. The van der Waals surface area contributed by atoms with Crippen molar-refractivity contribution in [2.45, 2.75) is 13.8 Å². The molecule has 2 aromatic carbocycles. The summed E-state index contributed by atoms with van der Waals surface area (Å²) in [5.41, 5.74) is 4.03. The third kappa shape index (κ3) is 4.26. The molecule has 0 radical (unpaired) electrons. The van der Waals surface area contributed by atoms with E-state index in [0.29, 0.717) is 5.75 Å². The summed E-state index contributed by atoms with van der Waals surface area (Å²) >= 11 is 1.63. The zero-order chi connectivity index (χ0) is 19.5. The summed E-state index contributed by atoms with van der Waals surface area (Å²) in [5.74, 6) is 0.516. The molecule has 6 nitrogen and oxygen atoms in total. The van der Waals surface area contributed by atoms with Crippen LogP contribution in [0.5, 0.6) is 5.75 Å². The lowest BCUT2D eigenvalue weighted by molar-refractivity contribution is -0.118. The van der Waals surface area contributed by atoms with Gasteiger partial charge in [0.15, 0.2) is 11.7 Å². The molecule has 7 heteroatoms. The number of nitrogens with one attached hydrogen (secondary N) is 1. The van der Waals surface area contributed by atoms with E-state index in [1.165, 1.54) is 5.56 Å². The van der Waals surface area contributed by atoms with Gasteiger partial charge in [0.1, 0.15) is 5.75 Å². The predicted octanol–water partition coefficient (Wildman–Crippen LogP) is 3.77. The molecule has 0 spiro atoms. The maximum Gasteiger partial charge on any atom is 0.262 e. The van der Waals surface area contributed by atoms with Gasteiger partial charge in [-0.1, -0.05) is 17.4 Å². The predicted molar refractivity (Wildman–Crippen MR) is 113 cm³/mol. The number of ether oxygens (including phenoxy) is 2. The lowest BCUT2D eigenvalue weighted by Crippen LogP contribution is -2.36. The first-order chi connectivity index (χ1) is 13.6. The number of carbonyl (C=O) groups is 1. The number of aromatic nitrogens is 1. The van der Waals surface area contributed by atoms with E-state index in [1.807, 2.05) is 50.2 Å². The lowest BCUT2D eigenvalue weighted by Gasteiger charge is -2.25. The normalized spacial score (nSPS) is 14.3. The van der Waals surface area contributed by atoms with Gasteiger partial charge in [-0.2, -0.15) is 0 Å². The van der Waals surface area contributed by atoms with Crippen molar-refractivity contribution in [1.29, 1.82) is 0 Å². The molecule has 0 atom stereocenters. The molecular formula is C21H23N3O3S. The highest BCUT2D eigenvalue weighted by molar-refractivity contribution is 7.22. The fourth-order valence-electron chi connectivity index (χ4n) is 3.03. The molecule has 4 rings (SSSR count). The number of rotatable bonds is 5. The van der Waals surface area contributed by atoms with Crippen molar-refractivity contribution in [3.05, 3.63) is 47.5 Å². The first kappa shape index (κ1) is 18.7. The van der Waals surface area contributed by atoms with Gasteiger partial charge < -0.3 is 19.7 Å². The first-order valence-electron chi connectivity index (χ1n) is 9.32. The average molecular weight is 398 g/mol. The van der Waals surface area contributed by atoms with Crippen LogP contribution in [0.4, 0.5) is 10.8 Å². The molecule has 1 saturated heterocycles. The molecule has 0 aliphatic carbocycles. The van der Waals surface area contributed by atoms with E-state index in [2.05, 4.69) is 10.2 Å². The zero-order valence-electron chi connectivity index (χ0n) is 16.0. The molecule has 2 heterocycles. The molecule has 1 fully saturated rings. The largest absolute Gasteiger partial charge is 0.484 e. The number of hydrogen-bond acceptors (Lipinski definition) is 6. The van der Waals surface area contributed by atoms with Crippen molar-refractivity contribution in [2.24, 2.45) is 0 Å². The highest BCUT2D eigenvalue weighted by Crippen LogP contribution is 2.31. The molecule has 0 saturated carbocycles. The van der Waals surface area contributed by atoms with E-state index in [-0.39, 0.29) is 12.5 Å². The number of hydrogen-bond donors (Lipinski definition) is 1. The number of thiazole rings is 1. The quantitative estimate of drug-likeness (QED) is 0.710. The second-order valence-electron chi connectivity index (χ2n) is 6.86. The van der Waals surface area contributed by atoms with Crippen LogP contribution in [-0.4, -0.2) is 43.8 Å². The van der Waals surface area contributed by atoms with Gasteiger partial charge in [-0.15, -0.1) is 0 Å². The minimum Gasteiger partial charge on any atom is -0.484 e. The van der Waals surface area contributed by atoms with Crippen LogP contribution in [0.25, 0.3) is 10.2 Å². The van der Waals surface area contributed by atoms with Gasteiger partial charge in [0.2, 0.25) is 0 Å². The summed E-state index contributed by atoms with van der Waals surface area (Å²) in [6.45, 7) is 7.24. The fraction of sp³-hybridized carbons (Fsp3) is 0.333. The lowest BCUT2D eigenvalue weighted by atomic mass is 10.1. The molecule has 146 valence electrons. The summed E-state index contributed by atoms with van der Waals surface area (Å²) in [7, 11) is 0. The zero-order valence-corrected chi connectivity index (χ0v) is 16.8. The van der Waals surface area contributed by atoms with Crippen molar-refractivity contribution < 1.29 is 14.3 Å². The van der Waals surface area contributed by atoms with Crippen molar-refractivity contribution in [3.63, 3.8) is 0 Å². The van der Waals surface area contributed by atoms with E-state index in [4.69, 9.17) is 14.5 Å². The molecule has 1 aliphatic heterocycles. The SMILES string of the molecule is Cc1ccc(OCC(=O)Nc2ccc3nc(N4CCOCC4)sc3c2)cc1C. The minimum atomic E-state index is -0.185. The maximum atomic E-state index is 12.3. The van der Waals surface area contributed by atoms with Crippen LogP contribution in [0.2, 0.25) is 0 Å². The molecule has 0 unspecified atom stereocenters. The van der Waals surface area contributed by atoms with Crippen molar-refractivity contribution in [3.8, 4) is 5.75 Å². The van der Waals surface area contributed by atoms with E-state index in [9.17, 15) is 4.79 Å². The van der Waals surface area contributed by atoms with Gasteiger partial charge in [0.05, 0.1) is 23.4 Å². The number of aryl methyl sites for hydroxylation is 2. The summed E-state index contributed by atoms with van der Waals surface area (Å²) in [5, 5.41) is 3.90. The van der Waals surface area contributed by atoms with Crippen LogP contribution in [0.15, 0.2) is 36.4 Å². The van der Waals surface area contributed by atoms with E-state index < -0.39 is 0 Å². The molecule has 3 aromatic rings. The second-order valence-corrected chi connectivity index (χ2v) is 7.87. The summed E-state index contributed by atoms with van der Waals surface area (Å²) in [4.78, 5) is 19.2. The Hall–Kier alpha value is -2.64. The monoisotopic (exact) mass is 397 g/mol. The standard InChI is InChI=1S/C21H23N3O3S/c1-14-3-5-17(11-15(14)2)27-13-20(25)22-16-4-6-18-19(12-16)28-21(23-18)24-7-9-26-10-8-24/h3-6,11-12H,7-10,13H2,1-2H3,(H,22,25). The Morgan fingerprint density at radius 2 is 2.00 bits per heavy atom. The van der Waals surface area contributed by atoms with Gasteiger partial charge in [0, 0.05) is 18.8 Å². The minimum absolute atomic E-state index is 0.0255. The maximum absolute atomic E-state index is 12.3. The highest BCUT2D eigenvalue weighted by atomic mass is 32.1.